The largest absolute Gasteiger partial charge is 0.454 e. The average Bonchev–Trinajstić information content (AvgIpc) is 3.38. The lowest BCUT2D eigenvalue weighted by Crippen LogP contribution is -1.94. The smallest absolute Gasteiger partial charge is 0.155 e. The molecule has 6 aromatic carbocycles. The molecule has 0 fully saturated rings. The van der Waals surface area contributed by atoms with Crippen LogP contribution in [0.1, 0.15) is 5.56 Å². The highest BCUT2D eigenvalue weighted by molar-refractivity contribution is 6.29. The minimum atomic E-state index is 0.519. The second-order valence-electron chi connectivity index (χ2n) is 10.4. The van der Waals surface area contributed by atoms with Crippen LogP contribution in [0, 0.1) is 11.3 Å². The van der Waals surface area contributed by atoms with E-state index in [9.17, 15) is 5.26 Å². The Morgan fingerprint density at radius 2 is 1.02 bits per heavy atom. The number of aromatic nitrogens is 1. The fourth-order valence-corrected chi connectivity index (χ4v) is 6.31. The molecule has 0 saturated heterocycles. The Bertz CT molecular complexity index is 2270. The van der Waals surface area contributed by atoms with Crippen molar-refractivity contribution in [3.8, 4) is 50.8 Å². The number of benzene rings is 6. The molecule has 0 aliphatic heterocycles. The lowest BCUT2D eigenvalue weighted by atomic mass is 9.87. The van der Waals surface area contributed by atoms with Crippen LogP contribution in [0.5, 0.6) is 0 Å². The third-order valence-electron chi connectivity index (χ3n) is 8.06. The molecule has 1 N–H and O–H groups in total. The second-order valence-corrected chi connectivity index (χ2v) is 10.4. The van der Waals surface area contributed by atoms with Crippen molar-refractivity contribution in [3.63, 3.8) is 0 Å². The summed E-state index contributed by atoms with van der Waals surface area (Å²) in [5, 5.41) is 14.0. The molecule has 2 aromatic heterocycles. The van der Waals surface area contributed by atoms with Crippen LogP contribution in [0.3, 0.4) is 0 Å². The van der Waals surface area contributed by atoms with Gasteiger partial charge in [-0.2, -0.15) is 5.26 Å². The topological polar surface area (TPSA) is 52.7 Å². The van der Waals surface area contributed by atoms with Gasteiger partial charge >= 0.3 is 0 Å². The van der Waals surface area contributed by atoms with Crippen LogP contribution in [0.4, 0.5) is 0 Å². The molecule has 0 saturated carbocycles. The van der Waals surface area contributed by atoms with E-state index in [0.29, 0.717) is 11.1 Å². The van der Waals surface area contributed by atoms with E-state index in [4.69, 9.17) is 4.42 Å². The highest BCUT2D eigenvalue weighted by Gasteiger charge is 2.27. The van der Waals surface area contributed by atoms with Gasteiger partial charge in [-0.15, -0.1) is 0 Å². The quantitative estimate of drug-likeness (QED) is 0.243. The van der Waals surface area contributed by atoms with Crippen molar-refractivity contribution >= 4 is 32.8 Å². The first-order valence-corrected chi connectivity index (χ1v) is 14.0. The van der Waals surface area contributed by atoms with Gasteiger partial charge in [0.1, 0.15) is 17.4 Å². The zero-order valence-electron chi connectivity index (χ0n) is 22.6. The van der Waals surface area contributed by atoms with Gasteiger partial charge in [0.15, 0.2) is 5.58 Å². The molecule has 196 valence electrons. The van der Waals surface area contributed by atoms with Crippen LogP contribution in [0.25, 0.3) is 77.5 Å². The Kier molecular flexibility index (Phi) is 5.52. The van der Waals surface area contributed by atoms with Crippen LogP contribution < -0.4 is 0 Å². The Hall–Kier alpha value is -5.85. The first kappa shape index (κ1) is 24.0. The molecular weight excluding hydrogens is 512 g/mol. The van der Waals surface area contributed by atoms with Crippen molar-refractivity contribution in [1.29, 1.82) is 5.26 Å². The van der Waals surface area contributed by atoms with E-state index in [-0.39, 0.29) is 0 Å². The minimum Gasteiger partial charge on any atom is -0.454 e. The Labute approximate surface area is 242 Å². The fraction of sp³-hybridized carbons (Fsp3) is 0. The third kappa shape index (κ3) is 3.60. The molecule has 0 atom stereocenters. The first-order chi connectivity index (χ1) is 20.8. The number of H-pyrrole nitrogens is 1. The number of nitriles is 1. The summed E-state index contributed by atoms with van der Waals surface area (Å²) in [5.74, 6) is 0.731. The first-order valence-electron chi connectivity index (χ1n) is 14.0. The molecule has 0 spiro atoms. The molecule has 8 aromatic rings. The molecule has 3 nitrogen and oxygen atoms in total. The van der Waals surface area contributed by atoms with Gasteiger partial charge < -0.3 is 9.40 Å². The molecule has 0 radical (unpaired) electrons. The van der Waals surface area contributed by atoms with Crippen molar-refractivity contribution in [1.82, 2.24) is 4.98 Å². The molecule has 0 unspecified atom stereocenters. The zero-order valence-corrected chi connectivity index (χ0v) is 22.6. The zero-order chi connectivity index (χ0) is 28.0. The van der Waals surface area contributed by atoms with Crippen molar-refractivity contribution in [2.24, 2.45) is 0 Å². The number of aromatic amines is 1. The average molecular weight is 537 g/mol. The number of nitrogens with zero attached hydrogens (tertiary/aromatic N) is 1. The van der Waals surface area contributed by atoms with Gasteiger partial charge in [-0.3, -0.25) is 0 Å². The maximum absolute atomic E-state index is 10.9. The van der Waals surface area contributed by atoms with Crippen molar-refractivity contribution in [2.75, 3.05) is 0 Å². The van der Waals surface area contributed by atoms with E-state index < -0.39 is 0 Å². The summed E-state index contributed by atoms with van der Waals surface area (Å²) in [4.78, 5) is 3.77. The molecule has 0 bridgehead atoms. The molecule has 0 amide bonds. The molecule has 0 aliphatic carbocycles. The predicted octanol–water partition coefficient (Wildman–Crippen LogP) is 10.6. The maximum Gasteiger partial charge on any atom is 0.155 e. The van der Waals surface area contributed by atoms with Crippen molar-refractivity contribution in [2.45, 2.75) is 0 Å². The monoisotopic (exact) mass is 536 g/mol. The highest BCUT2D eigenvalue weighted by Crippen LogP contribution is 2.50. The highest BCUT2D eigenvalue weighted by atomic mass is 16.3. The lowest BCUT2D eigenvalue weighted by Gasteiger charge is -2.15. The van der Waals surface area contributed by atoms with Crippen LogP contribution in [-0.2, 0) is 0 Å². The number of hydrogen-bond acceptors (Lipinski definition) is 2. The molecule has 0 aliphatic rings. The lowest BCUT2D eigenvalue weighted by molar-refractivity contribution is 0.625. The third-order valence-corrected chi connectivity index (χ3v) is 8.06. The van der Waals surface area contributed by atoms with Crippen molar-refractivity contribution < 1.29 is 4.42 Å². The second kappa shape index (κ2) is 9.66. The normalized spacial score (nSPS) is 11.3. The van der Waals surface area contributed by atoms with E-state index in [1.54, 1.807) is 0 Å². The molecule has 2 heterocycles. The summed E-state index contributed by atoms with van der Waals surface area (Å²) in [6.07, 6.45) is 0. The molecular formula is C39H24N2O. The molecule has 8 rings (SSSR count). The van der Waals surface area contributed by atoms with Crippen LogP contribution >= 0.6 is 0 Å². The minimum absolute atomic E-state index is 0.519. The van der Waals surface area contributed by atoms with Gasteiger partial charge in [0, 0.05) is 33.2 Å². The van der Waals surface area contributed by atoms with E-state index in [2.05, 4.69) is 89.9 Å². The summed E-state index contributed by atoms with van der Waals surface area (Å²) >= 11 is 0. The van der Waals surface area contributed by atoms with Gasteiger partial charge in [-0.1, -0.05) is 133 Å². The standard InChI is InChI=1S/C39H24N2O/c40-24-30-32(25-14-5-1-6-15-25)34(27-18-9-3-10-19-27)37-36-35-29(22-13-23-31(35)41-37)33(26-16-7-2-8-17-26)38(42-39(30)36)28-20-11-4-12-21-28/h1-23,41H. The molecule has 42 heavy (non-hydrogen) atoms. The Morgan fingerprint density at radius 1 is 0.500 bits per heavy atom. The Balaban J connectivity index is 1.69. The summed E-state index contributed by atoms with van der Waals surface area (Å²) in [6.45, 7) is 0. The van der Waals surface area contributed by atoms with Crippen LogP contribution in [0.2, 0.25) is 0 Å². The van der Waals surface area contributed by atoms with Gasteiger partial charge in [0.25, 0.3) is 0 Å². The van der Waals surface area contributed by atoms with Gasteiger partial charge in [0.2, 0.25) is 0 Å². The maximum atomic E-state index is 10.9. The van der Waals surface area contributed by atoms with Gasteiger partial charge in [-0.05, 0) is 28.1 Å². The summed E-state index contributed by atoms with van der Waals surface area (Å²) in [6, 6.07) is 50.0. The van der Waals surface area contributed by atoms with E-state index in [0.717, 1.165) is 71.9 Å². The summed E-state index contributed by atoms with van der Waals surface area (Å²) in [5.41, 5.74) is 9.91. The van der Waals surface area contributed by atoms with Crippen LogP contribution in [0.15, 0.2) is 144 Å². The number of nitrogens with one attached hydrogen (secondary N) is 1. The summed E-state index contributed by atoms with van der Waals surface area (Å²) in [7, 11) is 0. The predicted molar refractivity (Wildman–Crippen MR) is 172 cm³/mol. The van der Waals surface area contributed by atoms with Crippen LogP contribution in [-0.4, -0.2) is 4.98 Å². The fourth-order valence-electron chi connectivity index (χ4n) is 6.31. The molecule has 3 heteroatoms. The van der Waals surface area contributed by atoms with Gasteiger partial charge in [0.05, 0.1) is 10.9 Å². The van der Waals surface area contributed by atoms with Gasteiger partial charge in [-0.25, -0.2) is 0 Å². The number of rotatable bonds is 4. The van der Waals surface area contributed by atoms with E-state index in [1.165, 1.54) is 0 Å². The summed E-state index contributed by atoms with van der Waals surface area (Å²) < 4.78 is 7.10. The van der Waals surface area contributed by atoms with Crippen molar-refractivity contribution in [3.05, 3.63) is 145 Å². The number of hydrogen-bond donors (Lipinski definition) is 1. The van der Waals surface area contributed by atoms with E-state index in [1.807, 2.05) is 60.7 Å². The Morgan fingerprint density at radius 3 is 1.60 bits per heavy atom. The van der Waals surface area contributed by atoms with E-state index >= 15 is 0 Å². The SMILES string of the molecule is N#Cc1c(-c2ccccc2)c(-c2ccccc2)c2[nH]c3cccc4c(-c5ccccc5)c(-c5ccccc5)oc1c2c34.